The molecule has 0 aromatic carbocycles. The molecule has 74 valence electrons. The zero-order chi connectivity index (χ0) is 10.3. The molecule has 15 heavy (non-hydrogen) atoms. The van der Waals surface area contributed by atoms with Gasteiger partial charge in [-0.25, -0.2) is 0 Å². The van der Waals surface area contributed by atoms with Gasteiger partial charge in [0.05, 0.1) is 16.1 Å². The van der Waals surface area contributed by atoms with Crippen molar-refractivity contribution >= 4 is 36.0 Å². The van der Waals surface area contributed by atoms with Crippen LogP contribution in [0.2, 0.25) is 24.8 Å². The van der Waals surface area contributed by atoms with Crippen LogP contribution in [0.1, 0.15) is 0 Å². The van der Waals surface area contributed by atoms with Gasteiger partial charge in [0.15, 0.2) is 0 Å². The van der Waals surface area contributed by atoms with E-state index in [-0.39, 0.29) is 18.9 Å². The van der Waals surface area contributed by atoms with Crippen LogP contribution in [-0.4, -0.2) is 13.1 Å². The van der Waals surface area contributed by atoms with Gasteiger partial charge in [0.25, 0.3) is 0 Å². The summed E-state index contributed by atoms with van der Waals surface area (Å²) in [5.41, 5.74) is 0.683. The maximum Gasteiger partial charge on any atom is 1.00 e. The molecule has 0 atom stereocenters. The van der Waals surface area contributed by atoms with Crippen molar-refractivity contribution in [3.63, 3.8) is 0 Å². The first kappa shape index (κ1) is 12.9. The van der Waals surface area contributed by atoms with E-state index in [1.54, 1.807) is 6.07 Å². The summed E-state index contributed by atoms with van der Waals surface area (Å²) >= 11 is 5.90. The summed E-state index contributed by atoms with van der Waals surface area (Å²) < 4.78 is 5.71. The molecule has 0 amide bonds. The summed E-state index contributed by atoms with van der Waals surface area (Å²) in [6.45, 7) is 6.70. The molecule has 2 aromatic rings. The Bertz CT molecular complexity index is 478. The Morgan fingerprint density at radius 2 is 2.07 bits per heavy atom. The number of nitrogens with zero attached hydrogens (tertiary/aromatic N) is 1. The van der Waals surface area contributed by atoms with Crippen molar-refractivity contribution in [1.29, 1.82) is 0 Å². The monoisotopic (exact) mass is 231 g/mol. The number of hydrogen-bond acceptors (Lipinski definition) is 2. The molecule has 2 aromatic heterocycles. The summed E-state index contributed by atoms with van der Waals surface area (Å²) in [6, 6.07) is 3.85. The van der Waals surface area contributed by atoms with Crippen LogP contribution < -0.4 is 24.2 Å². The molecular formula is C10H11ClLiNOSi. The van der Waals surface area contributed by atoms with Crippen molar-refractivity contribution in [2.45, 2.75) is 19.6 Å². The molecule has 2 heterocycles. The molecule has 5 heteroatoms. The van der Waals surface area contributed by atoms with E-state index in [1.807, 2.05) is 6.07 Å². The molecule has 0 aliphatic carbocycles. The first-order valence-corrected chi connectivity index (χ1v) is 8.33. The zero-order valence-corrected chi connectivity index (χ0v) is 11.1. The summed E-state index contributed by atoms with van der Waals surface area (Å²) in [5, 5.41) is 2.44. The Morgan fingerprint density at radius 3 is 2.60 bits per heavy atom. The Hall–Kier alpha value is -0.206. The molecule has 2 rings (SSSR count). The van der Waals surface area contributed by atoms with Gasteiger partial charge in [-0.05, 0) is 0 Å². The van der Waals surface area contributed by atoms with Gasteiger partial charge < -0.3 is 9.40 Å². The second-order valence-corrected chi connectivity index (χ2v) is 9.67. The van der Waals surface area contributed by atoms with Crippen LogP contribution in [0.15, 0.2) is 16.5 Å². The molecule has 2 nitrogen and oxygen atoms in total. The van der Waals surface area contributed by atoms with E-state index in [1.165, 1.54) is 0 Å². The summed E-state index contributed by atoms with van der Waals surface area (Å²) in [7, 11) is -1.41. The third-order valence-corrected chi connectivity index (χ3v) is 4.05. The zero-order valence-electron chi connectivity index (χ0n) is 9.39. The summed E-state index contributed by atoms with van der Waals surface area (Å²) in [6.07, 6.45) is 2.74. The van der Waals surface area contributed by atoms with Crippen molar-refractivity contribution in [2.75, 3.05) is 0 Å². The quantitative estimate of drug-likeness (QED) is 0.387. The second-order valence-electron chi connectivity index (χ2n) is 4.32. The van der Waals surface area contributed by atoms with Crippen LogP contribution in [0.25, 0.3) is 11.0 Å². The number of pyridine rings is 1. The van der Waals surface area contributed by atoms with E-state index in [0.717, 1.165) is 10.8 Å². The van der Waals surface area contributed by atoms with Crippen molar-refractivity contribution in [1.82, 2.24) is 4.98 Å². The number of hydrogen-bond donors (Lipinski definition) is 0. The number of furan rings is 1. The second kappa shape index (κ2) is 4.35. The van der Waals surface area contributed by atoms with E-state index in [0.29, 0.717) is 10.7 Å². The van der Waals surface area contributed by atoms with E-state index in [9.17, 15) is 0 Å². The third-order valence-electron chi connectivity index (χ3n) is 2.07. The predicted molar refractivity (Wildman–Crippen MR) is 60.8 cm³/mol. The molecule has 0 saturated heterocycles. The Morgan fingerprint density at radius 1 is 1.40 bits per heavy atom. The topological polar surface area (TPSA) is 26.0 Å². The van der Waals surface area contributed by atoms with Crippen LogP contribution >= 0.6 is 11.6 Å². The molecule has 0 N–H and O–H groups in total. The van der Waals surface area contributed by atoms with Gasteiger partial charge in [0, 0.05) is 0 Å². The van der Waals surface area contributed by atoms with Gasteiger partial charge in [-0.1, -0.05) is 37.3 Å². The molecule has 0 aliphatic rings. The van der Waals surface area contributed by atoms with Gasteiger partial charge in [0.1, 0.15) is 8.07 Å². The molecular weight excluding hydrogens is 221 g/mol. The first-order valence-electron chi connectivity index (χ1n) is 4.45. The smallest absolute Gasteiger partial charge is 0.490 e. The van der Waals surface area contributed by atoms with Crippen LogP contribution in [-0.2, 0) is 0 Å². The average Bonchev–Trinajstić information content (AvgIpc) is 2.48. The molecule has 0 aliphatic heterocycles. The average molecular weight is 232 g/mol. The Labute approximate surface area is 107 Å². The third kappa shape index (κ3) is 2.48. The summed E-state index contributed by atoms with van der Waals surface area (Å²) in [5.74, 6) is 0. The van der Waals surface area contributed by atoms with Crippen molar-refractivity contribution in [3.8, 4) is 0 Å². The largest absolute Gasteiger partial charge is 1.00 e. The van der Waals surface area contributed by atoms with Crippen molar-refractivity contribution in [2.24, 2.45) is 0 Å². The normalized spacial score (nSPS) is 11.5. The maximum absolute atomic E-state index is 5.90. The van der Waals surface area contributed by atoms with Crippen LogP contribution in [0.3, 0.4) is 0 Å². The maximum atomic E-state index is 5.90. The number of fused-ring (bicyclic) bond motifs is 1. The SMILES string of the molecule is C[Si](C)(C)c1cc2c[c-]nc(Cl)c2o1.[Li+]. The van der Waals surface area contributed by atoms with E-state index < -0.39 is 8.07 Å². The molecule has 0 bridgehead atoms. The predicted octanol–water partition coefficient (Wildman–Crippen LogP) is -0.169. The van der Waals surface area contributed by atoms with Crippen molar-refractivity contribution < 1.29 is 23.3 Å². The fraction of sp³-hybridized carbons (Fsp3) is 0.300. The van der Waals surface area contributed by atoms with Gasteiger partial charge >= 0.3 is 18.9 Å². The minimum absolute atomic E-state index is 0. The minimum Gasteiger partial charge on any atom is -0.490 e. The molecule has 0 spiro atoms. The summed E-state index contributed by atoms with van der Waals surface area (Å²) in [4.78, 5) is 3.86. The Kier molecular flexibility index (Phi) is 3.73. The van der Waals surface area contributed by atoms with Gasteiger partial charge in [-0.3, -0.25) is 0 Å². The molecule has 0 fully saturated rings. The standard InChI is InChI=1S/C10H11ClNOSi.Li/c1-14(2,3)8-6-7-4-5-12-10(11)9(7)13-8;/h4,6H,1-3H3;/q-1;+1. The van der Waals surface area contributed by atoms with Crippen molar-refractivity contribution in [3.05, 3.63) is 23.5 Å². The van der Waals surface area contributed by atoms with Crippen LogP contribution in [0.4, 0.5) is 0 Å². The van der Waals surface area contributed by atoms with E-state index in [4.69, 9.17) is 16.0 Å². The van der Waals surface area contributed by atoms with Gasteiger partial charge in [-0.2, -0.15) is 0 Å². The fourth-order valence-corrected chi connectivity index (χ4v) is 2.45. The number of aromatic nitrogens is 1. The first-order chi connectivity index (χ1) is 6.48. The van der Waals surface area contributed by atoms with E-state index >= 15 is 0 Å². The van der Waals surface area contributed by atoms with E-state index in [2.05, 4.69) is 30.8 Å². The van der Waals surface area contributed by atoms with Crippen LogP contribution in [0.5, 0.6) is 0 Å². The molecule has 0 radical (unpaired) electrons. The fourth-order valence-electron chi connectivity index (χ4n) is 1.25. The number of rotatable bonds is 1. The Balaban J connectivity index is 0.00000112. The van der Waals surface area contributed by atoms with Crippen LogP contribution in [0, 0.1) is 6.20 Å². The van der Waals surface area contributed by atoms with Gasteiger partial charge in [-0.15, -0.1) is 17.7 Å². The minimum atomic E-state index is -1.41. The molecule has 0 saturated carbocycles. The number of halogens is 1. The molecule has 0 unspecified atom stereocenters. The van der Waals surface area contributed by atoms with Gasteiger partial charge in [0.2, 0.25) is 0 Å².